The average molecular weight is 369 g/mol. The fraction of sp³-hybridized carbons (Fsp3) is 0.176. The van der Waals surface area contributed by atoms with E-state index in [1.807, 2.05) is 0 Å². The molecule has 2 rings (SSSR count). The second kappa shape index (κ2) is 8.04. The van der Waals surface area contributed by atoms with Crippen LogP contribution in [0.2, 0.25) is 10.0 Å². The zero-order valence-electron chi connectivity index (χ0n) is 13.0. The summed E-state index contributed by atoms with van der Waals surface area (Å²) >= 11 is 11.8. The molecule has 0 saturated heterocycles. The normalized spacial score (nSPS) is 10.2. The fourth-order valence-electron chi connectivity index (χ4n) is 1.97. The molecule has 0 unspecified atom stereocenters. The van der Waals surface area contributed by atoms with Crippen LogP contribution in [0.1, 0.15) is 20.7 Å². The summed E-state index contributed by atoms with van der Waals surface area (Å²) in [4.78, 5) is 24.2. The van der Waals surface area contributed by atoms with E-state index < -0.39 is 18.4 Å². The number of rotatable bonds is 6. The highest BCUT2D eigenvalue weighted by Crippen LogP contribution is 2.26. The first-order valence-electron chi connectivity index (χ1n) is 6.83. The number of Topliss-reactive ketones (excluding diaryl/α,β-unsaturated/α-hetero) is 1. The molecule has 0 atom stereocenters. The van der Waals surface area contributed by atoms with Crippen molar-refractivity contribution in [3.05, 3.63) is 57.6 Å². The van der Waals surface area contributed by atoms with Gasteiger partial charge >= 0.3 is 5.97 Å². The molecule has 0 bridgehead atoms. The van der Waals surface area contributed by atoms with Gasteiger partial charge in [0.05, 0.1) is 19.2 Å². The smallest absolute Gasteiger partial charge is 0.342 e. The van der Waals surface area contributed by atoms with E-state index in [-0.39, 0.29) is 5.56 Å². The first-order valence-corrected chi connectivity index (χ1v) is 7.59. The number of hydrogen-bond donors (Lipinski definition) is 0. The molecule has 0 aromatic heterocycles. The molecule has 2 aromatic carbocycles. The third-order valence-electron chi connectivity index (χ3n) is 3.19. The highest BCUT2D eigenvalue weighted by Gasteiger charge is 2.17. The molecular weight excluding hydrogens is 355 g/mol. The number of carbonyl (C=O) groups is 2. The van der Waals surface area contributed by atoms with Crippen LogP contribution in [0.5, 0.6) is 11.5 Å². The lowest BCUT2D eigenvalue weighted by molar-refractivity contribution is 0.0471. The van der Waals surface area contributed by atoms with Crippen LogP contribution < -0.4 is 9.47 Å². The quantitative estimate of drug-likeness (QED) is 0.568. The van der Waals surface area contributed by atoms with E-state index >= 15 is 0 Å². The summed E-state index contributed by atoms with van der Waals surface area (Å²) in [6, 6.07) is 9.11. The van der Waals surface area contributed by atoms with Gasteiger partial charge in [-0.3, -0.25) is 4.79 Å². The highest BCUT2D eigenvalue weighted by molar-refractivity contribution is 6.32. The molecule has 0 amide bonds. The van der Waals surface area contributed by atoms with Gasteiger partial charge in [0.15, 0.2) is 12.4 Å². The van der Waals surface area contributed by atoms with Crippen LogP contribution in [0.15, 0.2) is 36.4 Å². The Morgan fingerprint density at radius 2 is 1.62 bits per heavy atom. The molecule has 0 saturated carbocycles. The van der Waals surface area contributed by atoms with Gasteiger partial charge in [-0.15, -0.1) is 0 Å². The van der Waals surface area contributed by atoms with Crippen LogP contribution >= 0.6 is 23.2 Å². The minimum Gasteiger partial charge on any atom is -0.496 e. The standard InChI is InChI=1S/C17H14Cl2O5/c1-22-15-6-4-11(18)8-12(15)17(21)24-9-14(20)10-3-5-16(23-2)13(19)7-10/h3-8H,9H2,1-2H3. The van der Waals surface area contributed by atoms with Crippen molar-refractivity contribution < 1.29 is 23.8 Å². The van der Waals surface area contributed by atoms with Crippen molar-refractivity contribution in [1.29, 1.82) is 0 Å². The Labute approximate surface area is 149 Å². The molecule has 2 aromatic rings. The van der Waals surface area contributed by atoms with Crippen LogP contribution in [0, 0.1) is 0 Å². The van der Waals surface area contributed by atoms with Crippen molar-refractivity contribution in [2.45, 2.75) is 0 Å². The molecule has 0 radical (unpaired) electrons. The second-order valence-corrected chi connectivity index (χ2v) is 5.54. The Morgan fingerprint density at radius 3 is 2.25 bits per heavy atom. The van der Waals surface area contributed by atoms with Crippen molar-refractivity contribution in [1.82, 2.24) is 0 Å². The number of methoxy groups -OCH3 is 2. The predicted octanol–water partition coefficient (Wildman–Crippen LogP) is 4.05. The van der Waals surface area contributed by atoms with Crippen molar-refractivity contribution in [3.63, 3.8) is 0 Å². The van der Waals surface area contributed by atoms with E-state index in [1.165, 1.54) is 26.4 Å². The number of carbonyl (C=O) groups excluding carboxylic acids is 2. The first kappa shape index (κ1) is 18.1. The van der Waals surface area contributed by atoms with E-state index in [9.17, 15) is 9.59 Å². The molecule has 0 aliphatic rings. The lowest BCUT2D eigenvalue weighted by Gasteiger charge is -2.09. The largest absolute Gasteiger partial charge is 0.496 e. The van der Waals surface area contributed by atoms with E-state index in [0.717, 1.165) is 0 Å². The van der Waals surface area contributed by atoms with Gasteiger partial charge in [0.2, 0.25) is 0 Å². The van der Waals surface area contributed by atoms with Crippen molar-refractivity contribution >= 4 is 35.0 Å². The lowest BCUT2D eigenvalue weighted by atomic mass is 10.1. The van der Waals surface area contributed by atoms with E-state index in [1.54, 1.807) is 24.3 Å². The number of halogens is 2. The molecule has 0 fully saturated rings. The number of ether oxygens (including phenoxy) is 3. The molecular formula is C17H14Cl2O5. The summed E-state index contributed by atoms with van der Waals surface area (Å²) in [5, 5.41) is 0.655. The third kappa shape index (κ3) is 4.19. The summed E-state index contributed by atoms with van der Waals surface area (Å²) in [5.41, 5.74) is 0.456. The highest BCUT2D eigenvalue weighted by atomic mass is 35.5. The summed E-state index contributed by atoms with van der Waals surface area (Å²) in [7, 11) is 2.90. The maximum absolute atomic E-state index is 12.1. The van der Waals surface area contributed by atoms with Gasteiger partial charge in [0, 0.05) is 10.6 Å². The maximum Gasteiger partial charge on any atom is 0.342 e. The van der Waals surface area contributed by atoms with Crippen LogP contribution in [0.4, 0.5) is 0 Å². The fourth-order valence-corrected chi connectivity index (χ4v) is 2.40. The molecule has 0 spiro atoms. The number of ketones is 1. The Kier molecular flexibility index (Phi) is 6.06. The number of esters is 1. The van der Waals surface area contributed by atoms with Gasteiger partial charge in [0.1, 0.15) is 17.1 Å². The second-order valence-electron chi connectivity index (χ2n) is 4.69. The summed E-state index contributed by atoms with van der Waals surface area (Å²) in [6.45, 7) is -0.433. The Balaban J connectivity index is 2.07. The number of hydrogen-bond acceptors (Lipinski definition) is 5. The zero-order chi connectivity index (χ0) is 17.7. The summed E-state index contributed by atoms with van der Waals surface area (Å²) in [5.74, 6) is -0.338. The molecule has 0 heterocycles. The van der Waals surface area contributed by atoms with E-state index in [2.05, 4.69) is 0 Å². The Bertz CT molecular complexity index is 774. The lowest BCUT2D eigenvalue weighted by Crippen LogP contribution is -2.15. The summed E-state index contributed by atoms with van der Waals surface area (Å²) < 4.78 is 15.1. The van der Waals surface area contributed by atoms with Crippen molar-refractivity contribution in [2.24, 2.45) is 0 Å². The zero-order valence-corrected chi connectivity index (χ0v) is 14.5. The average Bonchev–Trinajstić information content (AvgIpc) is 2.59. The number of benzene rings is 2. The topological polar surface area (TPSA) is 61.8 Å². The molecule has 126 valence electrons. The first-order chi connectivity index (χ1) is 11.5. The van der Waals surface area contributed by atoms with Crippen LogP contribution in [0.25, 0.3) is 0 Å². The van der Waals surface area contributed by atoms with E-state index in [4.69, 9.17) is 37.4 Å². The van der Waals surface area contributed by atoms with Crippen molar-refractivity contribution in [3.8, 4) is 11.5 Å². The maximum atomic E-state index is 12.1. The van der Waals surface area contributed by atoms with Gasteiger partial charge in [-0.1, -0.05) is 23.2 Å². The molecule has 5 nitrogen and oxygen atoms in total. The Hall–Kier alpha value is -2.24. The molecule has 7 heteroatoms. The van der Waals surface area contributed by atoms with Crippen LogP contribution in [-0.2, 0) is 4.74 Å². The molecule has 0 N–H and O–H groups in total. The molecule has 24 heavy (non-hydrogen) atoms. The van der Waals surface area contributed by atoms with E-state index in [0.29, 0.717) is 27.1 Å². The summed E-state index contributed by atoms with van der Waals surface area (Å²) in [6.07, 6.45) is 0. The SMILES string of the molecule is COc1ccc(C(=O)COC(=O)c2cc(Cl)ccc2OC)cc1Cl. The van der Waals surface area contributed by atoms with Gasteiger partial charge in [-0.05, 0) is 36.4 Å². The predicted molar refractivity (Wildman–Crippen MR) is 90.6 cm³/mol. The van der Waals surface area contributed by atoms with Crippen LogP contribution in [-0.4, -0.2) is 32.6 Å². The molecule has 0 aliphatic heterocycles. The van der Waals surface area contributed by atoms with Gasteiger partial charge in [0.25, 0.3) is 0 Å². The van der Waals surface area contributed by atoms with Gasteiger partial charge in [-0.2, -0.15) is 0 Å². The Morgan fingerprint density at radius 1 is 0.958 bits per heavy atom. The van der Waals surface area contributed by atoms with Crippen molar-refractivity contribution in [2.75, 3.05) is 20.8 Å². The minimum absolute atomic E-state index is 0.144. The molecule has 0 aliphatic carbocycles. The monoisotopic (exact) mass is 368 g/mol. The third-order valence-corrected chi connectivity index (χ3v) is 3.72. The van der Waals surface area contributed by atoms with Gasteiger partial charge in [-0.25, -0.2) is 4.79 Å². The minimum atomic E-state index is -0.706. The van der Waals surface area contributed by atoms with Crippen LogP contribution in [0.3, 0.4) is 0 Å². The van der Waals surface area contributed by atoms with Gasteiger partial charge < -0.3 is 14.2 Å².